The van der Waals surface area contributed by atoms with Crippen molar-refractivity contribution in [1.29, 1.82) is 0 Å². The standard InChI is InChI=1S/C25H30N6O3S/c1-5-21(24-27-28-29-31(24)15-22(32)34-6-2)30(14-20-8-7-11-35-20)13-19-12-18-10-9-16(3)17(4)23(18)26-25(19)33/h7-12,21H,5-6,13-15H2,1-4H3,(H,26,33). The number of nitrogens with zero attached hydrogens (tertiary/aromatic N) is 5. The summed E-state index contributed by atoms with van der Waals surface area (Å²) in [7, 11) is 0. The molecule has 0 aliphatic carbocycles. The first-order valence-electron chi connectivity index (χ1n) is 11.7. The lowest BCUT2D eigenvalue weighted by Crippen LogP contribution is -2.32. The summed E-state index contributed by atoms with van der Waals surface area (Å²) in [6.45, 7) is 9.12. The number of esters is 1. The van der Waals surface area contributed by atoms with Crippen LogP contribution in [0.4, 0.5) is 0 Å². The molecule has 1 atom stereocenters. The maximum absolute atomic E-state index is 13.1. The smallest absolute Gasteiger partial charge is 0.327 e. The number of hydrogen-bond donors (Lipinski definition) is 1. The first-order chi connectivity index (χ1) is 16.9. The van der Waals surface area contributed by atoms with Gasteiger partial charge in [-0.3, -0.25) is 14.5 Å². The first-order valence-corrected chi connectivity index (χ1v) is 12.6. The Bertz CT molecular complexity index is 1360. The molecule has 1 N–H and O–H groups in total. The van der Waals surface area contributed by atoms with Crippen LogP contribution in [0.15, 0.2) is 40.5 Å². The number of thiophene rings is 1. The van der Waals surface area contributed by atoms with Gasteiger partial charge in [0.05, 0.1) is 18.2 Å². The highest BCUT2D eigenvalue weighted by atomic mass is 32.1. The molecule has 4 aromatic rings. The number of aromatic amines is 1. The van der Waals surface area contributed by atoms with Gasteiger partial charge in [-0.1, -0.05) is 25.1 Å². The van der Waals surface area contributed by atoms with Crippen LogP contribution in [0.2, 0.25) is 0 Å². The molecule has 9 nitrogen and oxygen atoms in total. The minimum Gasteiger partial charge on any atom is -0.465 e. The summed E-state index contributed by atoms with van der Waals surface area (Å²) in [5.41, 5.74) is 3.64. The fourth-order valence-electron chi connectivity index (χ4n) is 4.28. The number of rotatable bonds is 10. The van der Waals surface area contributed by atoms with E-state index in [-0.39, 0.29) is 18.1 Å². The lowest BCUT2D eigenvalue weighted by atomic mass is 10.0. The fourth-order valence-corrected chi connectivity index (χ4v) is 5.01. The Morgan fingerprint density at radius 1 is 1.23 bits per heavy atom. The highest BCUT2D eigenvalue weighted by molar-refractivity contribution is 7.09. The number of aromatic nitrogens is 5. The molecule has 0 aliphatic rings. The summed E-state index contributed by atoms with van der Waals surface area (Å²) < 4.78 is 6.58. The van der Waals surface area contributed by atoms with Gasteiger partial charge in [-0.05, 0) is 71.6 Å². The van der Waals surface area contributed by atoms with Gasteiger partial charge in [-0.25, -0.2) is 4.68 Å². The van der Waals surface area contributed by atoms with Gasteiger partial charge in [0.1, 0.15) is 6.54 Å². The maximum Gasteiger partial charge on any atom is 0.327 e. The topological polar surface area (TPSA) is 106 Å². The maximum atomic E-state index is 13.1. The zero-order chi connectivity index (χ0) is 24.9. The first kappa shape index (κ1) is 24.7. The molecule has 0 bridgehead atoms. The average molecular weight is 495 g/mol. The Labute approximate surface area is 207 Å². The minimum absolute atomic E-state index is 0.0608. The monoisotopic (exact) mass is 494 g/mol. The number of hydrogen-bond acceptors (Lipinski definition) is 8. The molecule has 3 heterocycles. The summed E-state index contributed by atoms with van der Waals surface area (Å²) in [5.74, 6) is 0.179. The van der Waals surface area contributed by atoms with Crippen LogP contribution < -0.4 is 5.56 Å². The Morgan fingerprint density at radius 3 is 2.77 bits per heavy atom. The number of nitrogens with one attached hydrogen (secondary N) is 1. The van der Waals surface area contributed by atoms with Crippen molar-refractivity contribution in [2.24, 2.45) is 0 Å². The number of pyridine rings is 1. The van der Waals surface area contributed by atoms with Crippen molar-refractivity contribution >= 4 is 28.2 Å². The largest absolute Gasteiger partial charge is 0.465 e. The molecule has 0 saturated heterocycles. The van der Waals surface area contributed by atoms with Gasteiger partial charge in [0.25, 0.3) is 5.56 Å². The van der Waals surface area contributed by atoms with Gasteiger partial charge in [0.2, 0.25) is 0 Å². The van der Waals surface area contributed by atoms with Crippen LogP contribution in [0.1, 0.15) is 53.7 Å². The van der Waals surface area contributed by atoms with E-state index in [0.29, 0.717) is 37.5 Å². The Kier molecular flexibility index (Phi) is 7.72. The number of ether oxygens (including phenoxy) is 1. The van der Waals surface area contributed by atoms with Crippen LogP contribution >= 0.6 is 11.3 Å². The number of carbonyl (C=O) groups is 1. The van der Waals surface area contributed by atoms with E-state index in [2.05, 4.69) is 37.5 Å². The lowest BCUT2D eigenvalue weighted by molar-refractivity contribution is -0.144. The van der Waals surface area contributed by atoms with Crippen molar-refractivity contribution in [3.05, 3.63) is 73.5 Å². The quantitative estimate of drug-likeness (QED) is 0.333. The van der Waals surface area contributed by atoms with Crippen molar-refractivity contribution in [2.45, 2.75) is 59.8 Å². The summed E-state index contributed by atoms with van der Waals surface area (Å²) in [5, 5.41) is 15.2. The SMILES string of the molecule is CCOC(=O)Cn1nnnc1C(CC)N(Cc1cccs1)Cc1cc2ccc(C)c(C)c2[nH]c1=O. The van der Waals surface area contributed by atoms with Crippen LogP contribution in [0.25, 0.3) is 10.9 Å². The zero-order valence-corrected chi connectivity index (χ0v) is 21.3. The molecule has 0 fully saturated rings. The zero-order valence-electron chi connectivity index (χ0n) is 20.4. The molecule has 0 amide bonds. The molecule has 3 aromatic heterocycles. The lowest BCUT2D eigenvalue weighted by Gasteiger charge is -2.29. The van der Waals surface area contributed by atoms with Crippen molar-refractivity contribution in [2.75, 3.05) is 6.61 Å². The molecule has 1 aromatic carbocycles. The van der Waals surface area contributed by atoms with E-state index >= 15 is 0 Å². The molecule has 0 radical (unpaired) electrons. The van der Waals surface area contributed by atoms with Gasteiger partial charge in [-0.15, -0.1) is 16.4 Å². The van der Waals surface area contributed by atoms with E-state index in [9.17, 15) is 9.59 Å². The summed E-state index contributed by atoms with van der Waals surface area (Å²) in [6.07, 6.45) is 0.693. The van der Waals surface area contributed by atoms with E-state index in [0.717, 1.165) is 26.9 Å². The van der Waals surface area contributed by atoms with E-state index < -0.39 is 5.97 Å². The van der Waals surface area contributed by atoms with Gasteiger partial charge in [-0.2, -0.15) is 0 Å². The third kappa shape index (κ3) is 5.49. The van der Waals surface area contributed by atoms with E-state index in [4.69, 9.17) is 4.74 Å². The Hall–Kier alpha value is -3.37. The van der Waals surface area contributed by atoms with Crippen LogP contribution in [-0.2, 0) is 29.2 Å². The number of tetrazole rings is 1. The third-order valence-electron chi connectivity index (χ3n) is 6.21. The molecule has 0 spiro atoms. The fraction of sp³-hybridized carbons (Fsp3) is 0.400. The predicted octanol–water partition coefficient (Wildman–Crippen LogP) is 3.91. The van der Waals surface area contributed by atoms with Crippen molar-refractivity contribution < 1.29 is 9.53 Å². The molecule has 10 heteroatoms. The predicted molar refractivity (Wildman–Crippen MR) is 135 cm³/mol. The molecule has 4 rings (SSSR count). The molecule has 35 heavy (non-hydrogen) atoms. The van der Waals surface area contributed by atoms with E-state index in [1.807, 2.05) is 44.4 Å². The van der Waals surface area contributed by atoms with Gasteiger partial charge >= 0.3 is 5.97 Å². The molecular formula is C25H30N6O3S. The minimum atomic E-state index is -0.391. The molecule has 1 unspecified atom stereocenters. The van der Waals surface area contributed by atoms with Gasteiger partial charge in [0, 0.05) is 23.5 Å². The van der Waals surface area contributed by atoms with Crippen LogP contribution in [0, 0.1) is 13.8 Å². The highest BCUT2D eigenvalue weighted by Crippen LogP contribution is 2.28. The van der Waals surface area contributed by atoms with E-state index in [1.165, 1.54) is 4.68 Å². The number of carbonyl (C=O) groups excluding carboxylic acids is 1. The number of aryl methyl sites for hydroxylation is 2. The molecular weight excluding hydrogens is 464 g/mol. The summed E-state index contributed by atoms with van der Waals surface area (Å²) in [6, 6.07) is 9.95. The number of H-pyrrole nitrogens is 1. The second kappa shape index (κ2) is 10.9. The molecule has 0 saturated carbocycles. The van der Waals surface area contributed by atoms with Crippen molar-refractivity contribution in [3.8, 4) is 0 Å². The Morgan fingerprint density at radius 2 is 2.06 bits per heavy atom. The summed E-state index contributed by atoms with van der Waals surface area (Å²) in [4.78, 5) is 31.7. The van der Waals surface area contributed by atoms with Gasteiger partial charge < -0.3 is 9.72 Å². The highest BCUT2D eigenvalue weighted by Gasteiger charge is 2.27. The number of benzene rings is 1. The normalized spacial score (nSPS) is 12.4. The van der Waals surface area contributed by atoms with Crippen molar-refractivity contribution in [1.82, 2.24) is 30.1 Å². The average Bonchev–Trinajstić information content (AvgIpc) is 3.51. The van der Waals surface area contributed by atoms with Crippen LogP contribution in [-0.4, -0.2) is 42.7 Å². The van der Waals surface area contributed by atoms with Crippen LogP contribution in [0.3, 0.4) is 0 Å². The van der Waals surface area contributed by atoms with E-state index in [1.54, 1.807) is 18.3 Å². The summed E-state index contributed by atoms with van der Waals surface area (Å²) >= 11 is 1.66. The molecule has 0 aliphatic heterocycles. The van der Waals surface area contributed by atoms with Gasteiger partial charge in [0.15, 0.2) is 5.82 Å². The van der Waals surface area contributed by atoms with Crippen LogP contribution in [0.5, 0.6) is 0 Å². The second-order valence-corrected chi connectivity index (χ2v) is 9.54. The third-order valence-corrected chi connectivity index (χ3v) is 7.07. The molecule has 184 valence electrons. The Balaban J connectivity index is 1.71. The second-order valence-electron chi connectivity index (χ2n) is 8.50. The number of fused-ring (bicyclic) bond motifs is 1. The van der Waals surface area contributed by atoms with Crippen molar-refractivity contribution in [3.63, 3.8) is 0 Å².